The maximum Gasteiger partial charge on any atom is 0.352 e. The summed E-state index contributed by atoms with van der Waals surface area (Å²) in [7, 11) is 0. The van der Waals surface area contributed by atoms with Crippen molar-refractivity contribution in [3.8, 4) is 0 Å². The number of carbonyl (C=O) groups excluding carboxylic acids is 2. The Kier molecular flexibility index (Phi) is 6.78. The normalized spacial score (nSPS) is 19.3. The molecule has 0 spiro atoms. The lowest BCUT2D eigenvalue weighted by Gasteiger charge is -2.49. The Bertz CT molecular complexity index is 1390. The van der Waals surface area contributed by atoms with E-state index in [9.17, 15) is 19.5 Å². The van der Waals surface area contributed by atoms with E-state index in [2.05, 4.69) is 36.1 Å². The second-order valence-electron chi connectivity index (χ2n) is 7.78. The van der Waals surface area contributed by atoms with Crippen LogP contribution in [0.5, 0.6) is 0 Å². The van der Waals surface area contributed by atoms with E-state index in [4.69, 9.17) is 10.6 Å². The molecule has 17 heteroatoms. The average molecular weight is 544 g/mol. The molecule has 2 atom stereocenters. The first-order valence-corrected chi connectivity index (χ1v) is 12.6. The number of nitrogen functional groups attached to an aromatic ring is 1. The highest BCUT2D eigenvalue weighted by atomic mass is 32.2. The second-order valence-corrected chi connectivity index (χ2v) is 9.77. The molecule has 1 fully saturated rings. The number of pyridine rings is 1. The van der Waals surface area contributed by atoms with Crippen LogP contribution in [0.1, 0.15) is 11.5 Å². The topological polar surface area (TPSA) is 206 Å². The lowest BCUT2D eigenvalue weighted by atomic mass is 10.0. The molecule has 5 N–H and O–H groups in total. The van der Waals surface area contributed by atoms with Gasteiger partial charge in [0.25, 0.3) is 11.8 Å². The Balaban J connectivity index is 1.32. The monoisotopic (exact) mass is 543 g/mol. The van der Waals surface area contributed by atoms with Gasteiger partial charge in [-0.1, -0.05) is 16.4 Å². The van der Waals surface area contributed by atoms with Crippen molar-refractivity contribution < 1.29 is 28.9 Å². The number of tetrazole rings is 1. The molecule has 0 bridgehead atoms. The van der Waals surface area contributed by atoms with Crippen molar-refractivity contribution >= 4 is 51.7 Å². The maximum atomic E-state index is 13.1. The van der Waals surface area contributed by atoms with Gasteiger partial charge in [0, 0.05) is 28.8 Å². The summed E-state index contributed by atoms with van der Waals surface area (Å²) in [5.41, 5.74) is 6.17. The third-order valence-corrected chi connectivity index (χ3v) is 7.42. The zero-order chi connectivity index (χ0) is 25.9. The summed E-state index contributed by atoms with van der Waals surface area (Å²) in [5.74, 6) is -1.89. The number of carboxylic acids is 1. The molecular weight excluding hydrogens is 524 g/mol. The number of amides is 2. The van der Waals surface area contributed by atoms with Crippen LogP contribution in [0.4, 0.5) is 5.13 Å². The quantitative estimate of drug-likeness (QED) is 0.110. The Morgan fingerprint density at radius 1 is 1.35 bits per heavy atom. The summed E-state index contributed by atoms with van der Waals surface area (Å²) in [4.78, 5) is 48.7. The molecule has 0 aliphatic carbocycles. The van der Waals surface area contributed by atoms with Crippen LogP contribution < -0.4 is 15.6 Å². The standard InChI is InChI=1S/C20H18N10O5S2/c21-20-22-11(9-37-20)13(26-35-7-12-24-27-28-25-12)16(31)23-14-17(32)30-15(19(33)34)10(8-36-18(14)30)6-29-4-2-1-3-5-29/h1-5,9,14,18H,6-8H2,(H4-,21,22,23,24,25,27,28,31,33,34)/p+1/b26-13+/t14-,18-/m1/s1. The van der Waals surface area contributed by atoms with E-state index in [1.54, 1.807) is 0 Å². The van der Waals surface area contributed by atoms with Crippen LogP contribution in [0.15, 0.2) is 52.4 Å². The van der Waals surface area contributed by atoms with Gasteiger partial charge < -0.3 is 21.0 Å². The minimum absolute atomic E-state index is 0.0692. The van der Waals surface area contributed by atoms with Gasteiger partial charge in [0.2, 0.25) is 5.82 Å². The van der Waals surface area contributed by atoms with Gasteiger partial charge >= 0.3 is 5.97 Å². The molecule has 3 aromatic rings. The predicted octanol–water partition coefficient (Wildman–Crippen LogP) is -1.11. The van der Waals surface area contributed by atoms with Crippen LogP contribution in [0.25, 0.3) is 0 Å². The highest BCUT2D eigenvalue weighted by molar-refractivity contribution is 8.00. The van der Waals surface area contributed by atoms with E-state index in [0.717, 1.165) is 11.3 Å². The predicted molar refractivity (Wildman–Crippen MR) is 128 cm³/mol. The van der Waals surface area contributed by atoms with E-state index in [1.165, 1.54) is 22.0 Å². The molecule has 2 aliphatic rings. The van der Waals surface area contributed by atoms with E-state index < -0.39 is 29.2 Å². The summed E-state index contributed by atoms with van der Waals surface area (Å²) >= 11 is 2.47. The van der Waals surface area contributed by atoms with Crippen LogP contribution >= 0.6 is 23.1 Å². The fourth-order valence-corrected chi connectivity index (χ4v) is 5.66. The molecule has 0 aromatic carbocycles. The van der Waals surface area contributed by atoms with Crippen LogP contribution in [-0.2, 0) is 32.4 Å². The minimum atomic E-state index is -1.20. The number of nitrogens with one attached hydrogen (secondary N) is 2. The number of aromatic nitrogens is 6. The Labute approximate surface area is 216 Å². The van der Waals surface area contributed by atoms with Crippen LogP contribution in [-0.4, -0.2) is 76.3 Å². The summed E-state index contributed by atoms with van der Waals surface area (Å²) in [5, 5.41) is 30.7. The zero-order valence-corrected chi connectivity index (χ0v) is 20.5. The summed E-state index contributed by atoms with van der Waals surface area (Å²) in [6.45, 7) is 0.152. The lowest BCUT2D eigenvalue weighted by molar-refractivity contribution is -0.689. The van der Waals surface area contributed by atoms with Gasteiger partial charge in [-0.15, -0.1) is 33.3 Å². The molecular formula is C20H19N10O5S2+. The number of thioether (sulfide) groups is 1. The van der Waals surface area contributed by atoms with Gasteiger partial charge in [-0.2, -0.15) is 5.21 Å². The van der Waals surface area contributed by atoms with Crippen molar-refractivity contribution in [3.63, 3.8) is 0 Å². The van der Waals surface area contributed by atoms with E-state index in [1.807, 2.05) is 35.2 Å². The first-order chi connectivity index (χ1) is 17.9. The van der Waals surface area contributed by atoms with Crippen molar-refractivity contribution in [1.29, 1.82) is 0 Å². The molecule has 2 amide bonds. The van der Waals surface area contributed by atoms with Gasteiger partial charge in [0.15, 0.2) is 36.4 Å². The van der Waals surface area contributed by atoms with Crippen LogP contribution in [0.2, 0.25) is 0 Å². The van der Waals surface area contributed by atoms with Crippen molar-refractivity contribution in [2.45, 2.75) is 24.6 Å². The number of oxime groups is 1. The number of rotatable bonds is 9. The van der Waals surface area contributed by atoms with Gasteiger partial charge in [-0.05, 0) is 0 Å². The van der Waals surface area contributed by atoms with Gasteiger partial charge in [0.1, 0.15) is 22.8 Å². The molecule has 5 rings (SSSR count). The Hall–Kier alpha value is -4.38. The number of hydrogen-bond acceptors (Lipinski definition) is 12. The SMILES string of the molecule is Nc1nc(/C(=N\OCc2nn[nH]n2)C(=O)N[C@@H]2C(=O)N3C(C(=O)O)=C(C[n+]4ccccc4)CS[C@H]23)cs1. The lowest BCUT2D eigenvalue weighted by Crippen LogP contribution is -2.71. The smallest absolute Gasteiger partial charge is 0.352 e. The molecule has 37 heavy (non-hydrogen) atoms. The third kappa shape index (κ3) is 4.98. The van der Waals surface area contributed by atoms with Gasteiger partial charge in [-0.25, -0.2) is 14.3 Å². The van der Waals surface area contributed by atoms with Crippen molar-refractivity contribution in [3.05, 3.63) is 58.8 Å². The average Bonchev–Trinajstić information content (AvgIpc) is 3.57. The number of nitrogens with two attached hydrogens (primary N) is 1. The fraction of sp³-hybridized carbons (Fsp3) is 0.250. The molecule has 15 nitrogen and oxygen atoms in total. The number of hydrogen-bond donors (Lipinski definition) is 4. The highest BCUT2D eigenvalue weighted by Crippen LogP contribution is 2.40. The van der Waals surface area contributed by atoms with E-state index in [-0.39, 0.29) is 34.7 Å². The van der Waals surface area contributed by atoms with Crippen LogP contribution in [0.3, 0.4) is 0 Å². The largest absolute Gasteiger partial charge is 0.477 e. The number of aliphatic carboxylic acids is 1. The highest BCUT2D eigenvalue weighted by Gasteiger charge is 2.54. The molecule has 3 aromatic heterocycles. The Morgan fingerprint density at radius 3 is 2.84 bits per heavy atom. The minimum Gasteiger partial charge on any atom is -0.477 e. The zero-order valence-electron chi connectivity index (χ0n) is 18.8. The first-order valence-electron chi connectivity index (χ1n) is 10.7. The van der Waals surface area contributed by atoms with E-state index in [0.29, 0.717) is 17.9 Å². The molecule has 5 heterocycles. The summed E-state index contributed by atoms with van der Waals surface area (Å²) < 4.78 is 1.83. The van der Waals surface area contributed by atoms with Gasteiger partial charge in [0.05, 0.1) is 0 Å². The fourth-order valence-electron chi connectivity index (χ4n) is 3.77. The van der Waals surface area contributed by atoms with E-state index >= 15 is 0 Å². The van der Waals surface area contributed by atoms with Crippen LogP contribution in [0, 0.1) is 0 Å². The number of β-lactam (4-membered cyclic amide) rings is 1. The molecule has 0 saturated carbocycles. The number of thiazole rings is 1. The number of fused-ring (bicyclic) bond motifs is 1. The number of nitrogens with zero attached hydrogens (tertiary/aromatic N) is 7. The summed E-state index contributed by atoms with van der Waals surface area (Å²) in [6.07, 6.45) is 3.63. The molecule has 1 saturated heterocycles. The molecule has 0 radical (unpaired) electrons. The summed E-state index contributed by atoms with van der Waals surface area (Å²) in [6, 6.07) is 4.56. The molecule has 190 valence electrons. The third-order valence-electron chi connectivity index (χ3n) is 5.41. The van der Waals surface area contributed by atoms with Crippen molar-refractivity contribution in [2.75, 3.05) is 11.5 Å². The second kappa shape index (κ2) is 10.3. The number of aromatic amines is 1. The van der Waals surface area contributed by atoms with Crippen molar-refractivity contribution in [2.24, 2.45) is 5.16 Å². The van der Waals surface area contributed by atoms with Gasteiger partial charge in [-0.3, -0.25) is 14.5 Å². The molecule has 2 aliphatic heterocycles. The van der Waals surface area contributed by atoms with Crippen molar-refractivity contribution in [1.82, 2.24) is 35.8 Å². The first kappa shape index (κ1) is 24.3. The molecule has 0 unspecified atom stereocenters. The number of carboxylic acid groups (broad SMARTS) is 1. The number of anilines is 1. The number of carbonyl (C=O) groups is 3. The number of H-pyrrole nitrogens is 1. The Morgan fingerprint density at radius 2 is 2.16 bits per heavy atom. The maximum absolute atomic E-state index is 13.1.